The van der Waals surface area contributed by atoms with E-state index in [1.54, 1.807) is 0 Å². The molecule has 20 heavy (non-hydrogen) atoms. The van der Waals surface area contributed by atoms with Crippen molar-refractivity contribution in [3.63, 3.8) is 0 Å². The lowest BCUT2D eigenvalue weighted by atomic mass is 10.1. The summed E-state index contributed by atoms with van der Waals surface area (Å²) in [6.07, 6.45) is 2.51. The summed E-state index contributed by atoms with van der Waals surface area (Å²) in [5.41, 5.74) is 4.86. The van der Waals surface area contributed by atoms with Crippen LogP contribution in [0.5, 0.6) is 0 Å². The molecule has 1 aromatic carbocycles. The van der Waals surface area contributed by atoms with Gasteiger partial charge in [0.05, 0.1) is 11.8 Å². The number of thiocarbonyl (C=S) groups is 1. The highest BCUT2D eigenvalue weighted by Crippen LogP contribution is 2.10. The molecule has 108 valence electrons. The Morgan fingerprint density at radius 1 is 1.45 bits per heavy atom. The van der Waals surface area contributed by atoms with Crippen molar-refractivity contribution in [2.45, 2.75) is 25.9 Å². The van der Waals surface area contributed by atoms with Gasteiger partial charge in [0.15, 0.2) is 5.11 Å². The largest absolute Gasteiger partial charge is 0.376 e. The molecule has 1 aliphatic rings. The van der Waals surface area contributed by atoms with E-state index in [1.165, 1.54) is 3.57 Å². The average Bonchev–Trinajstić information content (AvgIpc) is 2.96. The van der Waals surface area contributed by atoms with Crippen molar-refractivity contribution in [2.24, 2.45) is 5.10 Å². The third-order valence-corrected chi connectivity index (χ3v) is 4.06. The molecule has 0 radical (unpaired) electrons. The number of rotatable bonds is 4. The van der Waals surface area contributed by atoms with Crippen LogP contribution in [0.15, 0.2) is 29.4 Å². The van der Waals surface area contributed by atoms with Crippen LogP contribution in [0.4, 0.5) is 0 Å². The zero-order valence-corrected chi connectivity index (χ0v) is 14.3. The summed E-state index contributed by atoms with van der Waals surface area (Å²) in [5.74, 6) is 0. The molecule has 2 rings (SSSR count). The molecule has 6 heteroatoms. The third-order valence-electron chi connectivity index (χ3n) is 3.10. The van der Waals surface area contributed by atoms with Crippen molar-refractivity contribution in [1.82, 2.24) is 10.7 Å². The Balaban J connectivity index is 1.78. The molecule has 1 aromatic rings. The standard InChI is InChI=1S/C14H18IN3OS/c1-10(11-4-6-12(15)7-5-11)17-18-14(20)16-9-13-3-2-8-19-13/h4-7,13H,2-3,8-9H2,1H3,(H2,16,18,20)/b17-10-/t13-/m0/s1. The summed E-state index contributed by atoms with van der Waals surface area (Å²) < 4.78 is 6.73. The second kappa shape index (κ2) is 7.90. The number of halogens is 1. The van der Waals surface area contributed by atoms with Gasteiger partial charge in [0.25, 0.3) is 0 Å². The van der Waals surface area contributed by atoms with Crippen molar-refractivity contribution in [3.8, 4) is 0 Å². The predicted octanol–water partition coefficient (Wildman–Crippen LogP) is 2.66. The van der Waals surface area contributed by atoms with Gasteiger partial charge in [-0.3, -0.25) is 5.43 Å². The van der Waals surface area contributed by atoms with Crippen LogP contribution >= 0.6 is 34.8 Å². The van der Waals surface area contributed by atoms with Crippen LogP contribution in [0.2, 0.25) is 0 Å². The number of nitrogens with one attached hydrogen (secondary N) is 2. The molecule has 0 spiro atoms. The highest BCUT2D eigenvalue weighted by atomic mass is 127. The number of hydrazone groups is 1. The van der Waals surface area contributed by atoms with Crippen LogP contribution in [-0.2, 0) is 4.74 Å². The smallest absolute Gasteiger partial charge is 0.187 e. The number of ether oxygens (including phenoxy) is 1. The minimum absolute atomic E-state index is 0.274. The van der Waals surface area contributed by atoms with Gasteiger partial charge in [0.2, 0.25) is 0 Å². The van der Waals surface area contributed by atoms with Crippen LogP contribution in [0, 0.1) is 3.57 Å². The predicted molar refractivity (Wildman–Crippen MR) is 94.1 cm³/mol. The van der Waals surface area contributed by atoms with E-state index >= 15 is 0 Å². The first kappa shape index (κ1) is 15.7. The molecule has 1 heterocycles. The third kappa shape index (κ3) is 4.99. The van der Waals surface area contributed by atoms with Gasteiger partial charge in [0.1, 0.15) is 0 Å². The normalized spacial score (nSPS) is 18.9. The molecule has 1 atom stereocenters. The molecule has 0 bridgehead atoms. The summed E-state index contributed by atoms with van der Waals surface area (Å²) in [6.45, 7) is 3.55. The topological polar surface area (TPSA) is 45.7 Å². The molecule has 4 nitrogen and oxygen atoms in total. The molecule has 0 saturated carbocycles. The lowest BCUT2D eigenvalue weighted by Crippen LogP contribution is -2.37. The number of benzene rings is 1. The van der Waals surface area contributed by atoms with Crippen molar-refractivity contribution in [3.05, 3.63) is 33.4 Å². The number of hydrogen-bond acceptors (Lipinski definition) is 3. The first-order valence-electron chi connectivity index (χ1n) is 6.61. The second-order valence-electron chi connectivity index (χ2n) is 4.66. The maximum atomic E-state index is 5.52. The summed E-state index contributed by atoms with van der Waals surface area (Å²) >= 11 is 7.47. The molecule has 0 amide bonds. The Morgan fingerprint density at radius 3 is 2.85 bits per heavy atom. The molecular formula is C14H18IN3OS. The Bertz CT molecular complexity index is 484. The van der Waals surface area contributed by atoms with E-state index in [4.69, 9.17) is 17.0 Å². The first-order chi connectivity index (χ1) is 9.65. The van der Waals surface area contributed by atoms with Gasteiger partial charge in [-0.15, -0.1) is 0 Å². The Labute approximate surface area is 138 Å². The number of hydrogen-bond donors (Lipinski definition) is 2. The van der Waals surface area contributed by atoms with Gasteiger partial charge >= 0.3 is 0 Å². The van der Waals surface area contributed by atoms with Gasteiger partial charge in [-0.1, -0.05) is 12.1 Å². The maximum Gasteiger partial charge on any atom is 0.187 e. The first-order valence-corrected chi connectivity index (χ1v) is 8.09. The van der Waals surface area contributed by atoms with Gasteiger partial charge in [-0.05, 0) is 72.3 Å². The van der Waals surface area contributed by atoms with Crippen LogP contribution < -0.4 is 10.7 Å². The Hall–Kier alpha value is -0.730. The maximum absolute atomic E-state index is 5.52. The highest BCUT2D eigenvalue weighted by molar-refractivity contribution is 14.1. The Kier molecular flexibility index (Phi) is 6.18. The van der Waals surface area contributed by atoms with Gasteiger partial charge in [-0.25, -0.2) is 0 Å². The van der Waals surface area contributed by atoms with E-state index in [2.05, 4.69) is 50.6 Å². The van der Waals surface area contributed by atoms with Gasteiger partial charge in [0, 0.05) is 16.7 Å². The van der Waals surface area contributed by atoms with E-state index in [1.807, 2.05) is 19.1 Å². The molecule has 1 fully saturated rings. The van der Waals surface area contributed by atoms with E-state index in [9.17, 15) is 0 Å². The molecule has 1 saturated heterocycles. The fourth-order valence-corrected chi connectivity index (χ4v) is 2.43. The molecule has 0 aromatic heterocycles. The monoisotopic (exact) mass is 403 g/mol. The van der Waals surface area contributed by atoms with Crippen LogP contribution in [-0.4, -0.2) is 30.1 Å². The van der Waals surface area contributed by atoms with Crippen molar-refractivity contribution >= 4 is 45.6 Å². The van der Waals surface area contributed by atoms with E-state index in [0.717, 1.165) is 37.3 Å². The van der Waals surface area contributed by atoms with Gasteiger partial charge in [-0.2, -0.15) is 5.10 Å². The lowest BCUT2D eigenvalue weighted by Gasteiger charge is -2.12. The van der Waals surface area contributed by atoms with Crippen LogP contribution in [0.25, 0.3) is 0 Å². The van der Waals surface area contributed by atoms with Crippen molar-refractivity contribution in [1.29, 1.82) is 0 Å². The van der Waals surface area contributed by atoms with Gasteiger partial charge < -0.3 is 10.1 Å². The van der Waals surface area contributed by atoms with Crippen LogP contribution in [0.1, 0.15) is 25.3 Å². The van der Waals surface area contributed by atoms with Crippen molar-refractivity contribution in [2.75, 3.05) is 13.2 Å². The van der Waals surface area contributed by atoms with E-state index in [-0.39, 0.29) is 6.10 Å². The average molecular weight is 403 g/mol. The fraction of sp³-hybridized carbons (Fsp3) is 0.429. The summed E-state index contributed by atoms with van der Waals surface area (Å²) in [7, 11) is 0. The zero-order valence-electron chi connectivity index (χ0n) is 11.4. The quantitative estimate of drug-likeness (QED) is 0.351. The lowest BCUT2D eigenvalue weighted by molar-refractivity contribution is 0.114. The summed E-state index contributed by atoms with van der Waals surface area (Å²) in [5, 5.41) is 7.95. The molecule has 0 unspecified atom stereocenters. The summed E-state index contributed by atoms with van der Waals surface area (Å²) in [4.78, 5) is 0. The minimum Gasteiger partial charge on any atom is -0.376 e. The highest BCUT2D eigenvalue weighted by Gasteiger charge is 2.15. The zero-order chi connectivity index (χ0) is 14.4. The summed E-state index contributed by atoms with van der Waals surface area (Å²) in [6, 6.07) is 8.21. The molecule has 0 aliphatic carbocycles. The SMILES string of the molecule is C/C(=N/NC(=S)NC[C@@H]1CCCO1)c1ccc(I)cc1. The fourth-order valence-electron chi connectivity index (χ4n) is 1.94. The van der Waals surface area contributed by atoms with E-state index < -0.39 is 0 Å². The second-order valence-corrected chi connectivity index (χ2v) is 6.31. The molecular weight excluding hydrogens is 385 g/mol. The van der Waals surface area contributed by atoms with Crippen molar-refractivity contribution < 1.29 is 4.74 Å². The minimum atomic E-state index is 0.274. The molecule has 1 aliphatic heterocycles. The Morgan fingerprint density at radius 2 is 2.20 bits per heavy atom. The van der Waals surface area contributed by atoms with E-state index in [0.29, 0.717) is 5.11 Å². The van der Waals surface area contributed by atoms with Crippen LogP contribution in [0.3, 0.4) is 0 Å². The number of nitrogens with zero attached hydrogens (tertiary/aromatic N) is 1. The molecule has 2 N–H and O–H groups in total.